The number of sulfonamides is 1. The van der Waals surface area contributed by atoms with Gasteiger partial charge in [-0.15, -0.1) is 0 Å². The molecule has 0 saturated heterocycles. The maximum Gasteiger partial charge on any atom is 0.326 e. The molecule has 0 aliphatic carbocycles. The van der Waals surface area contributed by atoms with E-state index in [1.54, 1.807) is 78.8 Å². The molecular weight excluding hydrogens is 795 g/mol. The van der Waals surface area contributed by atoms with Crippen LogP contribution in [0, 0.1) is 32.1 Å². The molecule has 17 nitrogen and oxygen atoms in total. The Hall–Kier alpha value is -5.23. The van der Waals surface area contributed by atoms with Crippen molar-refractivity contribution in [1.82, 2.24) is 31.3 Å². The molecule has 0 saturated carbocycles. The normalized spacial score (nSPS) is 15.3. The summed E-state index contributed by atoms with van der Waals surface area (Å²) in [6.07, 6.45) is 0.873. The van der Waals surface area contributed by atoms with Crippen LogP contribution in [0.4, 0.5) is 0 Å². The van der Waals surface area contributed by atoms with E-state index < -0.39 is 86.9 Å². The lowest BCUT2D eigenvalue weighted by Crippen LogP contribution is -2.60. The lowest BCUT2D eigenvalue weighted by atomic mass is 9.93. The van der Waals surface area contributed by atoms with Crippen molar-refractivity contribution in [3.63, 3.8) is 0 Å². The summed E-state index contributed by atoms with van der Waals surface area (Å²) in [7, 11) is -4.20. The van der Waals surface area contributed by atoms with Gasteiger partial charge < -0.3 is 41.2 Å². The molecule has 60 heavy (non-hydrogen) atoms. The number of rotatable bonds is 19. The van der Waals surface area contributed by atoms with Crippen LogP contribution in [0.15, 0.2) is 35.2 Å². The minimum absolute atomic E-state index is 0.00694. The van der Waals surface area contributed by atoms with E-state index in [4.69, 9.17) is 14.9 Å². The summed E-state index contributed by atoms with van der Waals surface area (Å²) >= 11 is 0. The number of aliphatic carboxylic acids is 1. The average Bonchev–Trinajstić information content (AvgIpc) is 3.47. The third-order valence-electron chi connectivity index (χ3n) is 9.92. The third kappa shape index (κ3) is 13.9. The van der Waals surface area contributed by atoms with Crippen LogP contribution in [0.1, 0.15) is 96.0 Å². The molecule has 0 aromatic heterocycles. The summed E-state index contributed by atoms with van der Waals surface area (Å²) in [6, 6.07) is 3.79. The highest BCUT2D eigenvalue weighted by Crippen LogP contribution is 2.43. The molecule has 18 heteroatoms. The van der Waals surface area contributed by atoms with E-state index in [1.165, 1.54) is 6.92 Å². The predicted octanol–water partition coefficient (Wildman–Crippen LogP) is 2.67. The highest BCUT2D eigenvalue weighted by atomic mass is 32.2. The number of fused-ring (bicyclic) bond motifs is 1. The molecule has 4 atom stereocenters. The number of hydrogen-bond donors (Lipinski definition) is 8. The number of nitrogens with one attached hydrogen (secondary N) is 7. The Labute approximate surface area is 353 Å². The van der Waals surface area contributed by atoms with Gasteiger partial charge >= 0.3 is 5.97 Å². The zero-order chi connectivity index (χ0) is 45.3. The summed E-state index contributed by atoms with van der Waals surface area (Å²) in [5.74, 6) is -4.48. The molecule has 3 rings (SSSR count). The largest absolute Gasteiger partial charge is 0.487 e. The molecule has 0 bridgehead atoms. The summed E-state index contributed by atoms with van der Waals surface area (Å²) in [5, 5.41) is 31.3. The first-order valence-corrected chi connectivity index (χ1v) is 21.5. The number of carboxylic acids is 1. The number of carbonyl (C=O) groups is 5. The number of amides is 4. The fraction of sp³-hybridized carbons (Fsp3) is 0.571. The second-order valence-electron chi connectivity index (χ2n) is 17.2. The smallest absolute Gasteiger partial charge is 0.326 e. The number of benzene rings is 2. The Morgan fingerprint density at radius 2 is 1.48 bits per heavy atom. The molecule has 1 heterocycles. The molecule has 0 spiro atoms. The minimum atomic E-state index is -4.20. The van der Waals surface area contributed by atoms with E-state index in [0.717, 1.165) is 11.1 Å². The lowest BCUT2D eigenvalue weighted by Gasteiger charge is -2.29. The quantitative estimate of drug-likeness (QED) is 0.0579. The molecule has 1 aliphatic rings. The van der Waals surface area contributed by atoms with E-state index >= 15 is 0 Å². The summed E-state index contributed by atoms with van der Waals surface area (Å²) in [5.41, 5.74) is 2.26. The maximum atomic E-state index is 13.7. The third-order valence-corrected chi connectivity index (χ3v) is 11.5. The van der Waals surface area contributed by atoms with E-state index in [2.05, 4.69) is 31.3 Å². The van der Waals surface area contributed by atoms with Gasteiger partial charge in [-0.3, -0.25) is 24.6 Å². The Kier molecular flexibility index (Phi) is 16.7. The Balaban J connectivity index is 1.67. The number of carbonyl (C=O) groups excluding carboxylic acids is 4. The summed E-state index contributed by atoms with van der Waals surface area (Å²) in [6.45, 7) is 18.7. The van der Waals surface area contributed by atoms with Crippen molar-refractivity contribution in [2.75, 3.05) is 13.2 Å². The predicted molar refractivity (Wildman–Crippen MR) is 226 cm³/mol. The monoisotopic (exact) mass is 857 g/mol. The zero-order valence-electron chi connectivity index (χ0n) is 36.5. The highest BCUT2D eigenvalue weighted by Gasteiger charge is 2.37. The van der Waals surface area contributed by atoms with Crippen LogP contribution in [0.2, 0.25) is 0 Å². The fourth-order valence-corrected chi connectivity index (χ4v) is 8.31. The van der Waals surface area contributed by atoms with Gasteiger partial charge in [0.25, 0.3) is 10.0 Å². The van der Waals surface area contributed by atoms with Gasteiger partial charge in [-0.25, -0.2) is 17.9 Å². The fourth-order valence-electron chi connectivity index (χ4n) is 6.81. The van der Waals surface area contributed by atoms with Gasteiger partial charge in [0.05, 0.1) is 17.1 Å². The zero-order valence-corrected chi connectivity index (χ0v) is 37.4. The summed E-state index contributed by atoms with van der Waals surface area (Å²) < 4.78 is 41.3. The molecule has 4 unspecified atom stereocenters. The number of guanidine groups is 1. The van der Waals surface area contributed by atoms with Gasteiger partial charge in [0.2, 0.25) is 29.6 Å². The molecule has 332 valence electrons. The Bertz CT molecular complexity index is 2030. The van der Waals surface area contributed by atoms with Crippen LogP contribution < -0.4 is 36.0 Å². The van der Waals surface area contributed by atoms with Crippen molar-refractivity contribution in [3.05, 3.63) is 58.1 Å². The van der Waals surface area contributed by atoms with E-state index in [-0.39, 0.29) is 37.3 Å². The SMILES string of the molecule is CC(=O)NC(CCCNC(=N)NS(=O)(=O)c1c(C)c(C)c2c(c1C)OC(C)(C)C2)C(=O)NC(C(=O)NC(COC(C)(C)C)C(=O)NC(Cc1ccccc1)C(=O)O)C(C)C. The van der Waals surface area contributed by atoms with Crippen molar-refractivity contribution in [3.8, 4) is 5.75 Å². The van der Waals surface area contributed by atoms with Crippen LogP contribution in [0.25, 0.3) is 0 Å². The molecular formula is C42H63N7O10S. The number of carboxylic acid groups (broad SMARTS) is 1. The van der Waals surface area contributed by atoms with Gasteiger partial charge in [-0.05, 0) is 90.8 Å². The first-order chi connectivity index (χ1) is 27.7. The van der Waals surface area contributed by atoms with Gasteiger partial charge in [0.1, 0.15) is 35.5 Å². The summed E-state index contributed by atoms with van der Waals surface area (Å²) in [4.78, 5) is 65.2. The number of hydrogen-bond acceptors (Lipinski definition) is 10. The molecule has 0 radical (unpaired) electrons. The Morgan fingerprint density at radius 3 is 2.05 bits per heavy atom. The van der Waals surface area contributed by atoms with Crippen LogP contribution in [0.5, 0.6) is 5.75 Å². The van der Waals surface area contributed by atoms with Gasteiger partial charge in [0, 0.05) is 37.4 Å². The van der Waals surface area contributed by atoms with Crippen molar-refractivity contribution in [2.24, 2.45) is 5.92 Å². The van der Waals surface area contributed by atoms with Gasteiger partial charge in [-0.1, -0.05) is 44.2 Å². The maximum absolute atomic E-state index is 13.7. The Morgan fingerprint density at radius 1 is 0.883 bits per heavy atom. The molecule has 2 aromatic rings. The lowest BCUT2D eigenvalue weighted by molar-refractivity contribution is -0.143. The molecule has 4 amide bonds. The first kappa shape index (κ1) is 49.1. The van der Waals surface area contributed by atoms with Crippen LogP contribution >= 0.6 is 0 Å². The molecule has 8 N–H and O–H groups in total. The average molecular weight is 858 g/mol. The van der Waals surface area contributed by atoms with Crippen molar-refractivity contribution < 1.29 is 47.0 Å². The molecule has 2 aromatic carbocycles. The van der Waals surface area contributed by atoms with Crippen molar-refractivity contribution in [2.45, 2.75) is 142 Å². The van der Waals surface area contributed by atoms with E-state index in [9.17, 15) is 37.5 Å². The van der Waals surface area contributed by atoms with Crippen molar-refractivity contribution in [1.29, 1.82) is 5.41 Å². The topological polar surface area (TPSA) is 254 Å². The second-order valence-corrected chi connectivity index (χ2v) is 18.8. The standard InChI is InChI=1S/C42H63N7O10S/c1-23(2)33(38(53)47-32(22-58-41(7,8)9)37(52)46-31(39(54)55)20-28-16-13-12-14-17-28)48-36(51)30(45-27(6)50)18-15-19-44-40(43)49-60(56,57)35-25(4)24(3)29-21-42(10,11)59-34(29)26(35)5/h12-14,16-17,23,30-33H,15,18-22H2,1-11H3,(H,45,50)(H,46,52)(H,47,53)(H,48,51)(H,54,55)(H3,43,44,49). The van der Waals surface area contributed by atoms with Crippen LogP contribution in [-0.4, -0.2) is 97.6 Å². The van der Waals surface area contributed by atoms with E-state index in [1.807, 2.05) is 20.8 Å². The van der Waals surface area contributed by atoms with Crippen LogP contribution in [0.3, 0.4) is 0 Å². The minimum Gasteiger partial charge on any atom is -0.487 e. The van der Waals surface area contributed by atoms with Crippen LogP contribution in [-0.2, 0) is 51.6 Å². The molecule has 1 aliphatic heterocycles. The van der Waals surface area contributed by atoms with Gasteiger partial charge in [0.15, 0.2) is 0 Å². The van der Waals surface area contributed by atoms with E-state index in [0.29, 0.717) is 28.9 Å². The second kappa shape index (κ2) is 20.4. The highest BCUT2D eigenvalue weighted by molar-refractivity contribution is 7.90. The molecule has 0 fully saturated rings. The van der Waals surface area contributed by atoms with Gasteiger partial charge in [-0.2, -0.15) is 0 Å². The number of ether oxygens (including phenoxy) is 2. The first-order valence-electron chi connectivity index (χ1n) is 20.0. The van der Waals surface area contributed by atoms with Crippen molar-refractivity contribution >= 4 is 45.6 Å².